The van der Waals surface area contributed by atoms with Crippen LogP contribution in [0.2, 0.25) is 0 Å². The highest BCUT2D eigenvalue weighted by Crippen LogP contribution is 2.21. The lowest BCUT2D eigenvalue weighted by molar-refractivity contribution is -0.146. The van der Waals surface area contributed by atoms with Gasteiger partial charge in [-0.1, -0.05) is 46.2 Å². The number of nitrogens with zero attached hydrogens (tertiary/aromatic N) is 1. The van der Waals surface area contributed by atoms with Crippen LogP contribution < -0.4 is 32.3 Å². The van der Waals surface area contributed by atoms with Crippen LogP contribution >= 0.6 is 12.6 Å². The molecule has 1 aromatic rings. The number of benzene rings is 1. The van der Waals surface area contributed by atoms with Crippen molar-refractivity contribution in [2.75, 3.05) is 18.9 Å². The monoisotopic (exact) mass is 795 g/mol. The van der Waals surface area contributed by atoms with E-state index in [0.29, 0.717) is 18.4 Å². The van der Waals surface area contributed by atoms with Gasteiger partial charge in [0.2, 0.25) is 35.4 Å². The quantitative estimate of drug-likeness (QED) is 0.0593. The molecule has 1 saturated heterocycles. The van der Waals surface area contributed by atoms with E-state index in [-0.39, 0.29) is 36.8 Å². The summed E-state index contributed by atoms with van der Waals surface area (Å²) in [7, 11) is 0. The first-order valence-electron chi connectivity index (χ1n) is 17.9. The Morgan fingerprint density at radius 1 is 0.836 bits per heavy atom. The van der Waals surface area contributed by atoms with Crippen LogP contribution in [0.25, 0.3) is 0 Å². The highest BCUT2D eigenvalue weighted by atomic mass is 32.1. The number of nitrogens with one attached hydrogen (secondary N) is 5. The van der Waals surface area contributed by atoms with E-state index < -0.39 is 109 Å². The van der Waals surface area contributed by atoms with Crippen LogP contribution in [0.4, 0.5) is 0 Å². The smallest absolute Gasteiger partial charge is 0.327 e. The third-order valence-electron chi connectivity index (χ3n) is 9.26. The van der Waals surface area contributed by atoms with Crippen molar-refractivity contribution in [3.05, 3.63) is 29.8 Å². The zero-order chi connectivity index (χ0) is 41.6. The largest absolute Gasteiger partial charge is 0.508 e. The third-order valence-corrected chi connectivity index (χ3v) is 9.63. The number of nitrogens with two attached hydrogens (primary N) is 1. The summed E-state index contributed by atoms with van der Waals surface area (Å²) < 4.78 is 0. The van der Waals surface area contributed by atoms with Crippen molar-refractivity contribution >= 4 is 60.0 Å². The number of rotatable bonds is 21. The Morgan fingerprint density at radius 3 is 1.93 bits per heavy atom. The van der Waals surface area contributed by atoms with Gasteiger partial charge in [-0.3, -0.25) is 33.6 Å². The Morgan fingerprint density at radius 2 is 1.40 bits per heavy atom. The van der Waals surface area contributed by atoms with E-state index in [4.69, 9.17) is 5.73 Å². The van der Waals surface area contributed by atoms with Crippen LogP contribution in [0.1, 0.15) is 58.9 Å². The van der Waals surface area contributed by atoms with Gasteiger partial charge in [-0.2, -0.15) is 12.6 Å². The summed E-state index contributed by atoms with van der Waals surface area (Å²) in [5.41, 5.74) is 6.39. The van der Waals surface area contributed by atoms with Crippen LogP contribution in [0.15, 0.2) is 24.3 Å². The average Bonchev–Trinajstić information content (AvgIpc) is 3.63. The van der Waals surface area contributed by atoms with E-state index in [1.165, 1.54) is 24.3 Å². The van der Waals surface area contributed by atoms with Crippen molar-refractivity contribution in [1.82, 2.24) is 31.5 Å². The standard InChI is InChI=1S/C35H53N7O12S/c1-5-18(4)27(36)32(50)39-23(15-43)30(48)37-21(13-19-8-10-20(44)11-9-19)29(47)38-22(14-26(45)46)34(52)42-12-6-7-25(42)31(49)41-28(17(2)3)33(51)40-24(16-55)35(53)54/h8-11,17-18,21-25,27-28,43-44,55H,5-7,12-16,36H2,1-4H3,(H,37,48)(H,38,47)(H,39,50)(H,40,51)(H,41,49)(H,45,46)(H,53,54)/t18-,21-,22-,23-,24-,25-,27-,28-/m0/s1. The number of hydrogen-bond acceptors (Lipinski definition) is 12. The summed E-state index contributed by atoms with van der Waals surface area (Å²) in [6.45, 7) is 5.90. The van der Waals surface area contributed by atoms with Gasteiger partial charge < -0.3 is 57.6 Å². The Hall–Kier alpha value is -4.95. The van der Waals surface area contributed by atoms with Gasteiger partial charge in [0, 0.05) is 18.7 Å². The van der Waals surface area contributed by atoms with Crippen molar-refractivity contribution in [2.45, 2.75) is 102 Å². The number of carbonyl (C=O) groups excluding carboxylic acids is 6. The third kappa shape index (κ3) is 13.7. The first-order valence-corrected chi connectivity index (χ1v) is 18.5. The molecular weight excluding hydrogens is 742 g/mol. The van der Waals surface area contributed by atoms with Gasteiger partial charge in [0.15, 0.2) is 0 Å². The molecule has 1 fully saturated rings. The number of thiol groups is 1. The predicted molar refractivity (Wildman–Crippen MR) is 199 cm³/mol. The van der Waals surface area contributed by atoms with Gasteiger partial charge >= 0.3 is 11.9 Å². The highest BCUT2D eigenvalue weighted by Gasteiger charge is 2.41. The van der Waals surface area contributed by atoms with E-state index in [9.17, 15) is 58.8 Å². The van der Waals surface area contributed by atoms with E-state index in [1.807, 2.05) is 6.92 Å². The number of aliphatic hydroxyl groups is 1. The number of carboxylic acid groups (broad SMARTS) is 2. The molecule has 55 heavy (non-hydrogen) atoms. The van der Waals surface area contributed by atoms with Crippen molar-refractivity contribution < 1.29 is 58.8 Å². The first kappa shape index (κ1) is 46.2. The topological polar surface area (TPSA) is 307 Å². The van der Waals surface area contributed by atoms with Crippen LogP contribution in [0, 0.1) is 11.8 Å². The molecule has 19 nitrogen and oxygen atoms in total. The van der Waals surface area contributed by atoms with E-state index in [0.717, 1.165) is 4.90 Å². The number of phenolic OH excluding ortho intramolecular Hbond substituents is 1. The molecule has 1 aromatic carbocycles. The minimum absolute atomic E-state index is 0.00741. The fourth-order valence-electron chi connectivity index (χ4n) is 5.71. The van der Waals surface area contributed by atoms with Crippen molar-refractivity contribution in [2.24, 2.45) is 17.6 Å². The number of likely N-dealkylation sites (tertiary alicyclic amines) is 1. The number of carboxylic acids is 2. The molecule has 11 N–H and O–H groups in total. The Balaban J connectivity index is 2.34. The Kier molecular flexibility index (Phi) is 18.3. The van der Waals surface area contributed by atoms with Gasteiger partial charge in [-0.05, 0) is 42.4 Å². The predicted octanol–water partition coefficient (Wildman–Crippen LogP) is -2.14. The summed E-state index contributed by atoms with van der Waals surface area (Å²) in [5, 5.41) is 50.7. The molecule has 0 spiro atoms. The fourth-order valence-corrected chi connectivity index (χ4v) is 5.95. The summed E-state index contributed by atoms with van der Waals surface area (Å²) in [6, 6.07) is -3.95. The number of aromatic hydroxyl groups is 1. The Labute approximate surface area is 323 Å². The average molecular weight is 796 g/mol. The molecule has 0 bridgehead atoms. The fraction of sp³-hybridized carbons (Fsp3) is 0.600. The molecule has 306 valence electrons. The van der Waals surface area contributed by atoms with E-state index in [1.54, 1.807) is 20.8 Å². The Bertz CT molecular complexity index is 1550. The second kappa shape index (κ2) is 21.8. The van der Waals surface area contributed by atoms with Crippen LogP contribution in [-0.2, 0) is 44.8 Å². The summed E-state index contributed by atoms with van der Waals surface area (Å²) in [6.07, 6.45) is -0.172. The SMILES string of the molecule is CC[C@H](C)[C@H](N)C(=O)N[C@@H](CO)C(=O)N[C@@H](Cc1ccc(O)cc1)C(=O)N[C@@H](CC(=O)O)C(=O)N1CCC[C@H]1C(=O)N[C@H](C(=O)N[C@@H](CS)C(=O)O)C(C)C. The van der Waals surface area contributed by atoms with Crippen LogP contribution in [0.5, 0.6) is 5.75 Å². The van der Waals surface area contributed by atoms with Crippen molar-refractivity contribution in [3.8, 4) is 5.75 Å². The maximum atomic E-state index is 13.9. The molecule has 1 aliphatic heterocycles. The zero-order valence-electron chi connectivity index (χ0n) is 31.2. The second-order valence-corrected chi connectivity index (χ2v) is 14.1. The molecule has 20 heteroatoms. The van der Waals surface area contributed by atoms with Gasteiger partial charge in [-0.15, -0.1) is 0 Å². The van der Waals surface area contributed by atoms with Gasteiger partial charge in [0.1, 0.15) is 42.0 Å². The molecule has 1 heterocycles. The summed E-state index contributed by atoms with van der Waals surface area (Å²) >= 11 is 3.93. The molecule has 8 atom stereocenters. The maximum Gasteiger partial charge on any atom is 0.327 e. The van der Waals surface area contributed by atoms with Crippen molar-refractivity contribution in [1.29, 1.82) is 0 Å². The molecule has 6 amide bonds. The molecule has 2 rings (SSSR count). The van der Waals surface area contributed by atoms with Crippen molar-refractivity contribution in [3.63, 3.8) is 0 Å². The number of aliphatic hydroxyl groups excluding tert-OH is 1. The minimum atomic E-state index is -1.74. The second-order valence-electron chi connectivity index (χ2n) is 13.7. The van der Waals surface area contributed by atoms with Crippen LogP contribution in [-0.4, -0.2) is 134 Å². The first-order chi connectivity index (χ1) is 25.8. The van der Waals surface area contributed by atoms with E-state index >= 15 is 0 Å². The lowest BCUT2D eigenvalue weighted by atomic mass is 9.99. The summed E-state index contributed by atoms with van der Waals surface area (Å²) in [5.74, 6) is -9.11. The highest BCUT2D eigenvalue weighted by molar-refractivity contribution is 7.80. The molecule has 0 unspecified atom stereocenters. The molecular formula is C35H53N7O12S. The summed E-state index contributed by atoms with van der Waals surface area (Å²) in [4.78, 5) is 105. The lowest BCUT2D eigenvalue weighted by Gasteiger charge is -2.31. The minimum Gasteiger partial charge on any atom is -0.508 e. The van der Waals surface area contributed by atoms with Gasteiger partial charge in [0.25, 0.3) is 0 Å². The van der Waals surface area contributed by atoms with Gasteiger partial charge in [0.05, 0.1) is 19.1 Å². The molecule has 0 aromatic heterocycles. The maximum absolute atomic E-state index is 13.9. The lowest BCUT2D eigenvalue weighted by Crippen LogP contribution is -2.61. The number of hydrogen-bond donors (Lipinski definition) is 11. The van der Waals surface area contributed by atoms with Gasteiger partial charge in [-0.25, -0.2) is 4.79 Å². The van der Waals surface area contributed by atoms with E-state index in [2.05, 4.69) is 39.2 Å². The number of amides is 6. The number of phenols is 1. The normalized spacial score (nSPS) is 17.7. The number of carbonyl (C=O) groups is 8. The molecule has 1 aliphatic rings. The zero-order valence-corrected chi connectivity index (χ0v) is 32.1. The number of aliphatic carboxylic acids is 2. The molecule has 0 aliphatic carbocycles. The molecule has 0 radical (unpaired) electrons. The van der Waals surface area contributed by atoms with Crippen LogP contribution in [0.3, 0.4) is 0 Å². The molecule has 0 saturated carbocycles.